The van der Waals surface area contributed by atoms with Gasteiger partial charge in [0.1, 0.15) is 16.0 Å². The van der Waals surface area contributed by atoms with Crippen molar-refractivity contribution in [2.45, 2.75) is 37.5 Å². The van der Waals surface area contributed by atoms with Crippen molar-refractivity contribution in [3.63, 3.8) is 0 Å². The van der Waals surface area contributed by atoms with Gasteiger partial charge in [-0.2, -0.15) is 9.19 Å². The second kappa shape index (κ2) is 14.1. The molecule has 1 unspecified atom stereocenters. The SMILES string of the molecule is CN1CCN(c2ccc(C3=CC(Br)=CC(C)(S(=O)(=O)n4ncc5ccncc54)C3)cc2OCCCCOCc2ccccc2)CC1. The van der Waals surface area contributed by atoms with E-state index in [1.807, 2.05) is 24.3 Å². The largest absolute Gasteiger partial charge is 0.491 e. The number of unbranched alkanes of at least 4 members (excludes halogenated alkanes) is 1. The summed E-state index contributed by atoms with van der Waals surface area (Å²) in [5.41, 5.74) is 4.53. The van der Waals surface area contributed by atoms with Gasteiger partial charge in [-0.3, -0.25) is 4.98 Å². The van der Waals surface area contributed by atoms with Crippen LogP contribution in [0.15, 0.2) is 89.8 Å². The summed E-state index contributed by atoms with van der Waals surface area (Å²) in [7, 11) is -1.80. The minimum absolute atomic E-state index is 0.276. The lowest BCUT2D eigenvalue weighted by Crippen LogP contribution is -2.44. The van der Waals surface area contributed by atoms with E-state index in [1.165, 1.54) is 11.8 Å². The Hall–Kier alpha value is -3.51. The van der Waals surface area contributed by atoms with Gasteiger partial charge in [-0.05, 0) is 80.3 Å². The molecule has 2 aromatic carbocycles. The van der Waals surface area contributed by atoms with Crippen molar-refractivity contribution in [2.24, 2.45) is 0 Å². The number of fused-ring (bicyclic) bond motifs is 1. The van der Waals surface area contributed by atoms with Crippen molar-refractivity contribution in [2.75, 3.05) is 51.3 Å². The lowest BCUT2D eigenvalue weighted by Gasteiger charge is -2.35. The Kier molecular flexibility index (Phi) is 9.93. The van der Waals surface area contributed by atoms with Crippen LogP contribution in [0.3, 0.4) is 0 Å². The molecule has 0 N–H and O–H groups in total. The third-order valence-electron chi connectivity index (χ3n) is 8.68. The summed E-state index contributed by atoms with van der Waals surface area (Å²) in [5.74, 6) is 0.813. The Morgan fingerprint density at radius 1 is 0.978 bits per heavy atom. The topological polar surface area (TPSA) is 89.8 Å². The highest BCUT2D eigenvalue weighted by Gasteiger charge is 2.43. The van der Waals surface area contributed by atoms with Gasteiger partial charge in [0.05, 0.1) is 31.3 Å². The van der Waals surface area contributed by atoms with Gasteiger partial charge >= 0.3 is 0 Å². The first-order valence-corrected chi connectivity index (χ1v) is 17.9. The average molecular weight is 707 g/mol. The standard InChI is InChI=1S/C35H40BrN5O4S/c1-35(46(42,43)41-33-25-37-13-12-29(33)24-38-41)22-30(20-31(36)23-35)28-10-11-32(40-16-14-39(2)15-17-40)34(21-28)45-19-7-6-18-44-26-27-8-4-3-5-9-27/h3-5,8-13,20-21,23-25H,6-7,14-19,22,26H2,1-2H3. The maximum absolute atomic E-state index is 14.1. The molecule has 1 saturated heterocycles. The van der Waals surface area contributed by atoms with E-state index in [0.29, 0.717) is 29.8 Å². The van der Waals surface area contributed by atoms with Crippen molar-refractivity contribution in [1.29, 1.82) is 0 Å². The lowest BCUT2D eigenvalue weighted by atomic mass is 9.90. The van der Waals surface area contributed by atoms with Crippen molar-refractivity contribution in [3.8, 4) is 5.75 Å². The number of ether oxygens (including phenoxy) is 2. The molecule has 1 aliphatic heterocycles. The zero-order valence-electron chi connectivity index (χ0n) is 26.3. The van der Waals surface area contributed by atoms with E-state index in [2.05, 4.69) is 73.2 Å². The summed E-state index contributed by atoms with van der Waals surface area (Å²) in [6.07, 6.45) is 10.5. The molecule has 3 heterocycles. The van der Waals surface area contributed by atoms with E-state index in [0.717, 1.165) is 71.1 Å². The van der Waals surface area contributed by atoms with Gasteiger partial charge < -0.3 is 19.3 Å². The number of hydrogen-bond donors (Lipinski definition) is 0. The molecule has 11 heteroatoms. The number of pyridine rings is 1. The Labute approximate surface area is 279 Å². The van der Waals surface area contributed by atoms with Crippen LogP contribution in [-0.2, 0) is 21.4 Å². The van der Waals surface area contributed by atoms with Crippen LogP contribution in [-0.4, -0.2) is 78.7 Å². The van der Waals surface area contributed by atoms with E-state index in [9.17, 15) is 8.42 Å². The molecule has 2 aliphatic rings. The number of hydrogen-bond acceptors (Lipinski definition) is 8. The van der Waals surface area contributed by atoms with Gasteiger partial charge in [-0.15, -0.1) is 0 Å². The maximum atomic E-state index is 14.1. The highest BCUT2D eigenvalue weighted by atomic mass is 79.9. The van der Waals surface area contributed by atoms with Gasteiger partial charge in [-0.1, -0.05) is 52.3 Å². The number of piperazine rings is 1. The summed E-state index contributed by atoms with van der Waals surface area (Å²) < 4.78 is 41.1. The molecule has 2 aromatic heterocycles. The second-order valence-electron chi connectivity index (χ2n) is 12.2. The fourth-order valence-corrected chi connectivity index (χ4v) is 8.48. The van der Waals surface area contributed by atoms with Gasteiger partial charge in [0, 0.05) is 48.9 Å². The lowest BCUT2D eigenvalue weighted by molar-refractivity contribution is 0.113. The van der Waals surface area contributed by atoms with Gasteiger partial charge in [-0.25, -0.2) is 8.42 Å². The Morgan fingerprint density at radius 2 is 1.76 bits per heavy atom. The Bertz CT molecular complexity index is 1830. The van der Waals surface area contributed by atoms with Crippen LogP contribution in [0.5, 0.6) is 5.75 Å². The highest BCUT2D eigenvalue weighted by Crippen LogP contribution is 2.42. The van der Waals surface area contributed by atoms with Gasteiger partial charge in [0.25, 0.3) is 10.0 Å². The molecule has 242 valence electrons. The molecule has 0 bridgehead atoms. The molecule has 46 heavy (non-hydrogen) atoms. The molecule has 4 aromatic rings. The van der Waals surface area contributed by atoms with E-state index < -0.39 is 14.8 Å². The number of likely N-dealkylation sites (N-methyl/N-ethyl adjacent to an activating group) is 1. The number of allylic oxidation sites excluding steroid dienone is 3. The molecule has 0 saturated carbocycles. The second-order valence-corrected chi connectivity index (χ2v) is 15.3. The van der Waals surface area contributed by atoms with Crippen molar-refractivity contribution < 1.29 is 17.9 Å². The van der Waals surface area contributed by atoms with E-state index >= 15 is 0 Å². The van der Waals surface area contributed by atoms with Crippen LogP contribution in [0, 0.1) is 0 Å². The van der Waals surface area contributed by atoms with E-state index in [1.54, 1.807) is 31.5 Å². The minimum Gasteiger partial charge on any atom is -0.491 e. The van der Waals surface area contributed by atoms with Crippen LogP contribution in [0.25, 0.3) is 16.5 Å². The first-order valence-electron chi connectivity index (χ1n) is 15.7. The summed E-state index contributed by atoms with van der Waals surface area (Å²) >= 11 is 3.62. The number of halogens is 1. The number of rotatable bonds is 12. The molecule has 0 spiro atoms. The average Bonchev–Trinajstić information content (AvgIpc) is 3.50. The van der Waals surface area contributed by atoms with Gasteiger partial charge in [0.2, 0.25) is 0 Å². The van der Waals surface area contributed by atoms with Crippen LogP contribution in [0.4, 0.5) is 5.69 Å². The van der Waals surface area contributed by atoms with Crippen molar-refractivity contribution in [1.82, 2.24) is 19.1 Å². The third-order valence-corrected chi connectivity index (χ3v) is 11.3. The van der Waals surface area contributed by atoms with E-state index in [4.69, 9.17) is 9.47 Å². The molecular formula is C35H40BrN5O4S. The van der Waals surface area contributed by atoms with Crippen LogP contribution in [0.2, 0.25) is 0 Å². The van der Waals surface area contributed by atoms with Crippen LogP contribution >= 0.6 is 15.9 Å². The molecule has 9 nitrogen and oxygen atoms in total. The Morgan fingerprint density at radius 3 is 2.57 bits per heavy atom. The smallest absolute Gasteiger partial charge is 0.263 e. The number of aromatic nitrogens is 3. The number of benzene rings is 2. The zero-order valence-corrected chi connectivity index (χ0v) is 28.7. The first-order chi connectivity index (χ1) is 22.2. The van der Waals surface area contributed by atoms with Crippen molar-refractivity contribution >= 4 is 48.1 Å². The van der Waals surface area contributed by atoms with Crippen LogP contribution < -0.4 is 9.64 Å². The highest BCUT2D eigenvalue weighted by molar-refractivity contribution is 9.11. The Balaban J connectivity index is 1.19. The van der Waals surface area contributed by atoms with E-state index in [-0.39, 0.29) is 6.42 Å². The summed E-state index contributed by atoms with van der Waals surface area (Å²) in [6, 6.07) is 18.2. The maximum Gasteiger partial charge on any atom is 0.263 e. The normalized spacial score (nSPS) is 19.2. The third kappa shape index (κ3) is 7.07. The minimum atomic E-state index is -3.94. The molecule has 0 amide bonds. The molecule has 1 atom stereocenters. The summed E-state index contributed by atoms with van der Waals surface area (Å²) in [4.78, 5) is 8.84. The predicted molar refractivity (Wildman–Crippen MR) is 187 cm³/mol. The fourth-order valence-electron chi connectivity index (χ4n) is 5.95. The summed E-state index contributed by atoms with van der Waals surface area (Å²) in [5, 5.41) is 4.98. The number of nitrogens with zero attached hydrogens (tertiary/aromatic N) is 5. The van der Waals surface area contributed by atoms with Gasteiger partial charge in [0.15, 0.2) is 0 Å². The quantitative estimate of drug-likeness (QED) is 0.160. The molecule has 6 rings (SSSR count). The number of anilines is 1. The molecular weight excluding hydrogens is 666 g/mol. The predicted octanol–water partition coefficient (Wildman–Crippen LogP) is 6.26. The summed E-state index contributed by atoms with van der Waals surface area (Å²) in [6.45, 7) is 7.39. The zero-order chi connectivity index (χ0) is 32.1. The fraction of sp³-hybridized carbons (Fsp3) is 0.371. The first kappa shape index (κ1) is 32.4. The molecule has 1 fully saturated rings. The van der Waals surface area contributed by atoms with Crippen molar-refractivity contribution in [3.05, 3.63) is 101 Å². The van der Waals surface area contributed by atoms with Crippen LogP contribution in [0.1, 0.15) is 37.3 Å². The monoisotopic (exact) mass is 705 g/mol. The molecule has 0 radical (unpaired) electrons. The molecule has 1 aliphatic carbocycles.